The molecule has 158 valence electrons. The summed E-state index contributed by atoms with van der Waals surface area (Å²) in [5.74, 6) is 0.987. The summed E-state index contributed by atoms with van der Waals surface area (Å²) in [5.41, 5.74) is 9.95. The van der Waals surface area contributed by atoms with Crippen molar-refractivity contribution in [3.8, 4) is 16.9 Å². The maximum atomic E-state index is 5.99. The molecule has 1 nitrogen and oxygen atoms in total. The molecule has 3 aromatic carbocycles. The normalized spacial score (nSPS) is 18.6. The molecule has 0 saturated heterocycles. The molecule has 31 heavy (non-hydrogen) atoms. The van der Waals surface area contributed by atoms with Crippen molar-refractivity contribution in [3.63, 3.8) is 0 Å². The van der Waals surface area contributed by atoms with Crippen molar-refractivity contribution in [1.29, 1.82) is 0 Å². The fourth-order valence-corrected chi connectivity index (χ4v) is 5.89. The van der Waals surface area contributed by atoms with E-state index in [-0.39, 0.29) is 10.8 Å². The minimum Gasteiger partial charge on any atom is -0.496 e. The first-order valence-electron chi connectivity index (χ1n) is 11.3. The molecule has 0 radical (unpaired) electrons. The molecule has 0 spiro atoms. The molecular weight excluding hydrogens is 376 g/mol. The van der Waals surface area contributed by atoms with Gasteiger partial charge < -0.3 is 4.74 Å². The molecule has 5 rings (SSSR count). The van der Waals surface area contributed by atoms with Gasteiger partial charge in [0, 0.05) is 5.39 Å². The molecule has 0 aliphatic heterocycles. The number of aryl methyl sites for hydroxylation is 1. The van der Waals surface area contributed by atoms with E-state index < -0.39 is 0 Å². The summed E-state index contributed by atoms with van der Waals surface area (Å²) in [4.78, 5) is 0. The molecule has 0 fully saturated rings. The first-order valence-corrected chi connectivity index (χ1v) is 11.3. The number of hydrogen-bond acceptors (Lipinski definition) is 1. The largest absolute Gasteiger partial charge is 0.496 e. The Hall–Kier alpha value is -2.80. The van der Waals surface area contributed by atoms with Crippen molar-refractivity contribution in [1.82, 2.24) is 0 Å². The molecule has 0 saturated carbocycles. The average molecular weight is 409 g/mol. The summed E-state index contributed by atoms with van der Waals surface area (Å²) < 4.78 is 5.99. The SMILES string of the molecule is COc1cc(C)c(-c2ccccc2)c2ccc3c(c12)C(C)(C)CC1=C3C=CC(C)(C)C1. The van der Waals surface area contributed by atoms with Crippen molar-refractivity contribution < 1.29 is 4.74 Å². The van der Waals surface area contributed by atoms with Gasteiger partial charge >= 0.3 is 0 Å². The third kappa shape index (κ3) is 3.14. The molecule has 1 heteroatoms. The standard InChI is InChI=1S/C30H32O/c1-19-16-25(31-6)27-24(26(19)20-10-8-7-9-11-20)13-12-23-22-14-15-29(2,3)17-21(22)18-30(4,5)28(23)27/h7-16H,17-18H2,1-6H3. The van der Waals surface area contributed by atoms with Gasteiger partial charge in [-0.15, -0.1) is 0 Å². The zero-order valence-electron chi connectivity index (χ0n) is 19.6. The highest BCUT2D eigenvalue weighted by Gasteiger charge is 2.37. The van der Waals surface area contributed by atoms with Crippen LogP contribution < -0.4 is 4.74 Å². The van der Waals surface area contributed by atoms with Crippen LogP contribution >= 0.6 is 0 Å². The summed E-state index contributed by atoms with van der Waals surface area (Å²) in [6.45, 7) is 11.7. The van der Waals surface area contributed by atoms with Gasteiger partial charge in [0.1, 0.15) is 5.75 Å². The number of ether oxygens (including phenoxy) is 1. The summed E-state index contributed by atoms with van der Waals surface area (Å²) in [6.07, 6.45) is 7.00. The van der Waals surface area contributed by atoms with E-state index >= 15 is 0 Å². The van der Waals surface area contributed by atoms with Crippen LogP contribution in [0.15, 0.2) is 66.3 Å². The van der Waals surface area contributed by atoms with Crippen LogP contribution in [0.1, 0.15) is 57.2 Å². The summed E-state index contributed by atoms with van der Waals surface area (Å²) in [5, 5.41) is 2.57. The number of allylic oxidation sites excluding steroid dienone is 4. The number of fused-ring (bicyclic) bond motifs is 4. The van der Waals surface area contributed by atoms with Crippen LogP contribution in [0.25, 0.3) is 27.5 Å². The van der Waals surface area contributed by atoms with Gasteiger partial charge in [0.05, 0.1) is 7.11 Å². The Morgan fingerprint density at radius 3 is 2.35 bits per heavy atom. The third-order valence-electron chi connectivity index (χ3n) is 7.12. The summed E-state index contributed by atoms with van der Waals surface area (Å²) in [7, 11) is 1.80. The lowest BCUT2D eigenvalue weighted by Gasteiger charge is -2.40. The molecular formula is C30H32O. The lowest BCUT2D eigenvalue weighted by Crippen LogP contribution is -2.28. The van der Waals surface area contributed by atoms with E-state index in [0.29, 0.717) is 0 Å². The highest BCUT2D eigenvalue weighted by Crippen LogP contribution is 2.53. The molecule has 0 atom stereocenters. The van der Waals surface area contributed by atoms with Gasteiger partial charge in [-0.1, -0.05) is 87.9 Å². The van der Waals surface area contributed by atoms with Crippen LogP contribution in [0, 0.1) is 12.3 Å². The van der Waals surface area contributed by atoms with E-state index in [1.54, 1.807) is 12.7 Å². The van der Waals surface area contributed by atoms with Gasteiger partial charge in [-0.3, -0.25) is 0 Å². The van der Waals surface area contributed by atoms with Crippen molar-refractivity contribution in [2.24, 2.45) is 5.41 Å². The van der Waals surface area contributed by atoms with Gasteiger partial charge in [0.15, 0.2) is 0 Å². The zero-order valence-corrected chi connectivity index (χ0v) is 19.6. The van der Waals surface area contributed by atoms with E-state index in [9.17, 15) is 0 Å². The molecule has 0 bridgehead atoms. The summed E-state index contributed by atoms with van der Waals surface area (Å²) in [6, 6.07) is 17.7. The number of hydrogen-bond donors (Lipinski definition) is 0. The van der Waals surface area contributed by atoms with E-state index in [1.165, 1.54) is 44.2 Å². The molecule has 2 aliphatic carbocycles. The predicted octanol–water partition coefficient (Wildman–Crippen LogP) is 8.24. The minimum atomic E-state index is 0.0471. The zero-order chi connectivity index (χ0) is 22.0. The van der Waals surface area contributed by atoms with Crippen LogP contribution in [0.3, 0.4) is 0 Å². The maximum absolute atomic E-state index is 5.99. The predicted molar refractivity (Wildman–Crippen MR) is 133 cm³/mol. The van der Waals surface area contributed by atoms with Crippen LogP contribution in [-0.2, 0) is 5.41 Å². The minimum absolute atomic E-state index is 0.0471. The second-order valence-corrected chi connectivity index (χ2v) is 10.6. The number of benzene rings is 3. The molecule has 3 aromatic rings. The van der Waals surface area contributed by atoms with Gasteiger partial charge in [-0.2, -0.15) is 0 Å². The molecule has 0 heterocycles. The van der Waals surface area contributed by atoms with Crippen LogP contribution in [0.4, 0.5) is 0 Å². The van der Waals surface area contributed by atoms with Crippen LogP contribution in [-0.4, -0.2) is 7.11 Å². The van der Waals surface area contributed by atoms with Gasteiger partial charge in [-0.25, -0.2) is 0 Å². The Balaban J connectivity index is 1.88. The van der Waals surface area contributed by atoms with Crippen LogP contribution in [0.2, 0.25) is 0 Å². The second kappa shape index (κ2) is 6.85. The summed E-state index contributed by atoms with van der Waals surface area (Å²) >= 11 is 0. The van der Waals surface area contributed by atoms with Gasteiger partial charge in [0.2, 0.25) is 0 Å². The Morgan fingerprint density at radius 2 is 1.65 bits per heavy atom. The van der Waals surface area contributed by atoms with Crippen molar-refractivity contribution in [2.75, 3.05) is 7.11 Å². The average Bonchev–Trinajstić information content (AvgIpc) is 2.72. The molecule has 0 unspecified atom stereocenters. The lowest BCUT2D eigenvalue weighted by atomic mass is 9.64. The smallest absolute Gasteiger partial charge is 0.127 e. The second-order valence-electron chi connectivity index (χ2n) is 10.6. The highest BCUT2D eigenvalue weighted by atomic mass is 16.5. The highest BCUT2D eigenvalue weighted by molar-refractivity contribution is 6.06. The first-order chi connectivity index (χ1) is 14.7. The number of rotatable bonds is 2. The van der Waals surface area contributed by atoms with Crippen molar-refractivity contribution in [3.05, 3.63) is 82.9 Å². The topological polar surface area (TPSA) is 9.23 Å². The Kier molecular flexibility index (Phi) is 4.45. The van der Waals surface area contributed by atoms with Crippen molar-refractivity contribution >= 4 is 16.3 Å². The van der Waals surface area contributed by atoms with Crippen LogP contribution in [0.5, 0.6) is 5.75 Å². The van der Waals surface area contributed by atoms with Crippen molar-refractivity contribution in [2.45, 2.75) is 52.9 Å². The monoisotopic (exact) mass is 408 g/mol. The fourth-order valence-electron chi connectivity index (χ4n) is 5.89. The molecule has 2 aliphatic rings. The molecule has 0 N–H and O–H groups in total. The van der Waals surface area contributed by atoms with E-state index in [0.717, 1.165) is 18.6 Å². The first kappa shape index (κ1) is 20.1. The molecule has 0 aromatic heterocycles. The van der Waals surface area contributed by atoms with Gasteiger partial charge in [0.25, 0.3) is 0 Å². The lowest BCUT2D eigenvalue weighted by molar-refractivity contribution is 0.414. The Labute approximate surface area is 186 Å². The Bertz CT molecular complexity index is 1250. The quantitative estimate of drug-likeness (QED) is 0.415. The third-order valence-corrected chi connectivity index (χ3v) is 7.12. The number of methoxy groups -OCH3 is 1. The maximum Gasteiger partial charge on any atom is 0.127 e. The molecule has 0 amide bonds. The van der Waals surface area contributed by atoms with E-state index in [2.05, 4.69) is 95.3 Å². The van der Waals surface area contributed by atoms with E-state index in [1.807, 2.05) is 0 Å². The van der Waals surface area contributed by atoms with Gasteiger partial charge in [-0.05, 0) is 75.4 Å². The fraction of sp³-hybridized carbons (Fsp3) is 0.333. The van der Waals surface area contributed by atoms with E-state index in [4.69, 9.17) is 4.74 Å². The Morgan fingerprint density at radius 1 is 0.903 bits per heavy atom.